The van der Waals surface area contributed by atoms with Crippen LogP contribution in [0.4, 0.5) is 13.2 Å². The fraction of sp³-hybridized carbons (Fsp3) is 0.400. The first-order valence-corrected chi connectivity index (χ1v) is 7.73. The third kappa shape index (κ3) is 4.71. The Morgan fingerprint density at radius 3 is 2.74 bits per heavy atom. The summed E-state index contributed by atoms with van der Waals surface area (Å²) in [5.41, 5.74) is 1.83. The number of carbonyl (C=O) groups is 1. The number of ether oxygens (including phenoxy) is 1. The van der Waals surface area contributed by atoms with E-state index in [1.165, 1.54) is 0 Å². The summed E-state index contributed by atoms with van der Waals surface area (Å²) in [6.45, 7) is 0.535. The molecular weight excluding hydrogens is 377 g/mol. The van der Waals surface area contributed by atoms with Crippen LogP contribution >= 0.6 is 15.9 Å². The molecule has 126 valence electrons. The fourth-order valence-electron chi connectivity index (χ4n) is 2.24. The van der Waals surface area contributed by atoms with Gasteiger partial charge in [-0.2, -0.15) is 13.2 Å². The van der Waals surface area contributed by atoms with Gasteiger partial charge in [0.2, 0.25) is 5.91 Å². The molecule has 0 aliphatic carbocycles. The number of para-hydroxylation sites is 1. The predicted octanol–water partition coefficient (Wildman–Crippen LogP) is 3.41. The normalized spacial score (nSPS) is 11.9. The minimum absolute atomic E-state index is 0.0360. The minimum atomic E-state index is -4.35. The molecule has 0 aliphatic heterocycles. The van der Waals surface area contributed by atoms with Crippen molar-refractivity contribution in [2.24, 2.45) is 0 Å². The van der Waals surface area contributed by atoms with Gasteiger partial charge in [-0.05, 0) is 28.9 Å². The van der Waals surface area contributed by atoms with Gasteiger partial charge in [0.15, 0.2) is 0 Å². The second-order valence-electron chi connectivity index (χ2n) is 5.02. The summed E-state index contributed by atoms with van der Waals surface area (Å²) in [6, 6.07) is 7.65. The second-order valence-corrected chi connectivity index (χ2v) is 5.81. The van der Waals surface area contributed by atoms with Crippen LogP contribution in [0.2, 0.25) is 0 Å². The molecule has 1 aromatic carbocycles. The van der Waals surface area contributed by atoms with Gasteiger partial charge in [-0.25, -0.2) is 0 Å². The summed E-state index contributed by atoms with van der Waals surface area (Å²) in [5, 5.41) is 3.56. The van der Waals surface area contributed by atoms with E-state index in [0.717, 1.165) is 21.1 Å². The number of hydrogen-bond acceptors (Lipinski definition) is 2. The molecule has 0 aliphatic rings. The van der Waals surface area contributed by atoms with Crippen molar-refractivity contribution in [2.45, 2.75) is 19.6 Å². The number of alkyl halides is 3. The zero-order valence-corrected chi connectivity index (χ0v) is 14.0. The Balaban J connectivity index is 1.90. The molecule has 2 aromatic rings. The van der Waals surface area contributed by atoms with Crippen LogP contribution in [0.15, 0.2) is 28.7 Å². The van der Waals surface area contributed by atoms with Gasteiger partial charge in [0.1, 0.15) is 13.2 Å². The van der Waals surface area contributed by atoms with Gasteiger partial charge >= 0.3 is 6.18 Å². The third-order valence-electron chi connectivity index (χ3n) is 3.29. The van der Waals surface area contributed by atoms with E-state index in [1.54, 1.807) is 0 Å². The summed E-state index contributed by atoms with van der Waals surface area (Å²) < 4.78 is 42.9. The number of fused-ring (bicyclic) bond motifs is 1. The van der Waals surface area contributed by atoms with Gasteiger partial charge in [-0.1, -0.05) is 18.2 Å². The highest BCUT2D eigenvalue weighted by atomic mass is 79.9. The molecule has 0 unspecified atom stereocenters. The number of benzene rings is 1. The van der Waals surface area contributed by atoms with Gasteiger partial charge in [-0.3, -0.25) is 4.79 Å². The van der Waals surface area contributed by atoms with Crippen LogP contribution in [0.1, 0.15) is 5.69 Å². The highest BCUT2D eigenvalue weighted by Crippen LogP contribution is 2.30. The first-order chi connectivity index (χ1) is 10.8. The number of rotatable bonds is 6. The van der Waals surface area contributed by atoms with Gasteiger partial charge < -0.3 is 14.6 Å². The zero-order valence-electron chi connectivity index (χ0n) is 12.4. The summed E-state index contributed by atoms with van der Waals surface area (Å²) >= 11 is 3.50. The zero-order chi connectivity index (χ0) is 17.0. The first-order valence-electron chi connectivity index (χ1n) is 6.94. The molecule has 0 fully saturated rings. The van der Waals surface area contributed by atoms with Gasteiger partial charge in [0, 0.05) is 27.6 Å². The Morgan fingerprint density at radius 1 is 1.35 bits per heavy atom. The van der Waals surface area contributed by atoms with E-state index in [9.17, 15) is 18.0 Å². The maximum absolute atomic E-state index is 12.0. The van der Waals surface area contributed by atoms with E-state index in [4.69, 9.17) is 0 Å². The number of aromatic nitrogens is 1. The summed E-state index contributed by atoms with van der Waals surface area (Å²) in [7, 11) is 0. The maximum atomic E-state index is 12.0. The van der Waals surface area contributed by atoms with Crippen molar-refractivity contribution < 1.29 is 22.7 Å². The molecule has 0 saturated carbocycles. The van der Waals surface area contributed by atoms with Crippen LogP contribution in [0.5, 0.6) is 0 Å². The summed E-state index contributed by atoms with van der Waals surface area (Å²) in [5.74, 6) is -0.281. The topological polar surface area (TPSA) is 43.3 Å². The SMILES string of the molecule is Cc1c(Br)c2ccccc2n1CC(=O)NCCOCC(F)(F)F. The van der Waals surface area contributed by atoms with E-state index >= 15 is 0 Å². The van der Waals surface area contributed by atoms with Crippen LogP contribution in [0, 0.1) is 6.92 Å². The standard InChI is InChI=1S/C15H16BrF3N2O2/c1-10-14(16)11-4-2-3-5-12(11)21(10)8-13(22)20-6-7-23-9-15(17,18)19/h2-5H,6-9H2,1H3,(H,20,22). The molecular formula is C15H16BrF3N2O2. The lowest BCUT2D eigenvalue weighted by atomic mass is 10.2. The largest absolute Gasteiger partial charge is 0.411 e. The van der Waals surface area contributed by atoms with E-state index in [0.29, 0.717) is 0 Å². The Bertz CT molecular complexity index is 698. The van der Waals surface area contributed by atoms with Crippen molar-refractivity contribution in [3.8, 4) is 0 Å². The molecule has 1 aromatic heterocycles. The van der Waals surface area contributed by atoms with Crippen LogP contribution in [0.3, 0.4) is 0 Å². The van der Waals surface area contributed by atoms with E-state index < -0.39 is 12.8 Å². The van der Waals surface area contributed by atoms with Crippen molar-refractivity contribution in [1.82, 2.24) is 9.88 Å². The molecule has 4 nitrogen and oxygen atoms in total. The minimum Gasteiger partial charge on any atom is -0.370 e. The monoisotopic (exact) mass is 392 g/mol. The number of halogens is 4. The second kappa shape index (κ2) is 7.35. The van der Waals surface area contributed by atoms with E-state index in [-0.39, 0.29) is 25.6 Å². The molecule has 1 amide bonds. The van der Waals surface area contributed by atoms with Crippen molar-refractivity contribution >= 4 is 32.7 Å². The van der Waals surface area contributed by atoms with Crippen molar-refractivity contribution in [3.05, 3.63) is 34.4 Å². The Morgan fingerprint density at radius 2 is 2.04 bits per heavy atom. The smallest absolute Gasteiger partial charge is 0.370 e. The molecule has 0 saturated heterocycles. The van der Waals surface area contributed by atoms with Crippen LogP contribution in [-0.2, 0) is 16.1 Å². The van der Waals surface area contributed by atoms with E-state index in [1.807, 2.05) is 35.8 Å². The van der Waals surface area contributed by atoms with Crippen molar-refractivity contribution in [3.63, 3.8) is 0 Å². The molecule has 1 N–H and O–H groups in total. The Hall–Kier alpha value is -1.54. The van der Waals surface area contributed by atoms with Crippen molar-refractivity contribution in [1.29, 1.82) is 0 Å². The predicted molar refractivity (Wildman–Crippen MR) is 84.3 cm³/mol. The van der Waals surface area contributed by atoms with Crippen LogP contribution < -0.4 is 5.32 Å². The number of nitrogens with zero attached hydrogens (tertiary/aromatic N) is 1. The number of nitrogens with one attached hydrogen (secondary N) is 1. The maximum Gasteiger partial charge on any atom is 0.411 e. The lowest BCUT2D eigenvalue weighted by Gasteiger charge is -2.10. The number of carbonyl (C=O) groups excluding carboxylic acids is 1. The summed E-state index contributed by atoms with van der Waals surface area (Å²) in [6.07, 6.45) is -4.35. The number of hydrogen-bond donors (Lipinski definition) is 1. The Kier molecular flexibility index (Phi) is 5.69. The van der Waals surface area contributed by atoms with Crippen LogP contribution in [-0.4, -0.2) is 36.4 Å². The quantitative estimate of drug-likeness (QED) is 0.765. The highest BCUT2D eigenvalue weighted by Gasteiger charge is 2.27. The summed E-state index contributed by atoms with van der Waals surface area (Å²) in [4.78, 5) is 12.0. The molecule has 0 atom stereocenters. The molecule has 0 bridgehead atoms. The fourth-order valence-corrected chi connectivity index (χ4v) is 2.79. The lowest BCUT2D eigenvalue weighted by Crippen LogP contribution is -2.31. The average Bonchev–Trinajstić information content (AvgIpc) is 2.71. The molecule has 0 radical (unpaired) electrons. The first kappa shape index (κ1) is 17.8. The van der Waals surface area contributed by atoms with Gasteiger partial charge in [0.25, 0.3) is 0 Å². The average molecular weight is 393 g/mol. The number of amides is 1. The van der Waals surface area contributed by atoms with Crippen molar-refractivity contribution in [2.75, 3.05) is 19.8 Å². The molecule has 0 spiro atoms. The molecule has 8 heteroatoms. The lowest BCUT2D eigenvalue weighted by molar-refractivity contribution is -0.173. The Labute approximate surface area is 139 Å². The highest BCUT2D eigenvalue weighted by molar-refractivity contribution is 9.10. The van der Waals surface area contributed by atoms with Gasteiger partial charge in [-0.15, -0.1) is 0 Å². The molecule has 2 rings (SSSR count). The molecule has 23 heavy (non-hydrogen) atoms. The van der Waals surface area contributed by atoms with Gasteiger partial charge in [0.05, 0.1) is 6.61 Å². The van der Waals surface area contributed by atoms with E-state index in [2.05, 4.69) is 26.0 Å². The van der Waals surface area contributed by atoms with Crippen LogP contribution in [0.25, 0.3) is 10.9 Å². The molecule has 1 heterocycles. The third-order valence-corrected chi connectivity index (χ3v) is 4.29.